The molecule has 0 aromatic heterocycles. The predicted molar refractivity (Wildman–Crippen MR) is 74.5 cm³/mol. The highest BCUT2D eigenvalue weighted by Gasteiger charge is 2.36. The molecule has 0 spiro atoms. The molecule has 1 saturated heterocycles. The standard InChI is InChI=1S/C15H29NO2/c1-4-6-7-13(5-2)12-18-14(17)15(3)8-10-16-11-9-15/h13,16H,4-12H2,1-3H3. The maximum Gasteiger partial charge on any atom is 0.311 e. The highest BCUT2D eigenvalue weighted by molar-refractivity contribution is 5.76. The number of carbonyl (C=O) groups excluding carboxylic acids is 1. The van der Waals surface area contributed by atoms with Crippen molar-refractivity contribution in [3.63, 3.8) is 0 Å². The van der Waals surface area contributed by atoms with Crippen LogP contribution in [0.1, 0.15) is 59.3 Å². The van der Waals surface area contributed by atoms with E-state index in [1.165, 1.54) is 19.3 Å². The van der Waals surface area contributed by atoms with Crippen LogP contribution in [-0.2, 0) is 9.53 Å². The van der Waals surface area contributed by atoms with Gasteiger partial charge in [0.25, 0.3) is 0 Å². The lowest BCUT2D eigenvalue weighted by Gasteiger charge is -2.32. The largest absolute Gasteiger partial charge is 0.465 e. The van der Waals surface area contributed by atoms with Crippen molar-refractivity contribution in [3.8, 4) is 0 Å². The maximum absolute atomic E-state index is 12.2. The molecule has 3 nitrogen and oxygen atoms in total. The normalized spacial score (nSPS) is 20.4. The van der Waals surface area contributed by atoms with E-state index >= 15 is 0 Å². The number of ether oxygens (including phenoxy) is 1. The summed E-state index contributed by atoms with van der Waals surface area (Å²) in [5.74, 6) is 0.554. The Hall–Kier alpha value is -0.570. The molecular weight excluding hydrogens is 226 g/mol. The molecule has 3 heteroatoms. The molecule has 1 unspecified atom stereocenters. The van der Waals surface area contributed by atoms with Crippen LogP contribution in [0, 0.1) is 11.3 Å². The van der Waals surface area contributed by atoms with Crippen molar-refractivity contribution in [2.45, 2.75) is 59.3 Å². The second-order valence-corrected chi connectivity index (χ2v) is 5.83. The van der Waals surface area contributed by atoms with Crippen molar-refractivity contribution >= 4 is 5.97 Å². The van der Waals surface area contributed by atoms with E-state index in [0.717, 1.165) is 32.4 Å². The van der Waals surface area contributed by atoms with Gasteiger partial charge in [-0.05, 0) is 45.2 Å². The maximum atomic E-state index is 12.2. The Balaban J connectivity index is 2.34. The van der Waals surface area contributed by atoms with Gasteiger partial charge in [0.2, 0.25) is 0 Å². The Morgan fingerprint density at radius 1 is 1.33 bits per heavy atom. The summed E-state index contributed by atoms with van der Waals surface area (Å²) < 4.78 is 5.57. The molecule has 1 N–H and O–H groups in total. The van der Waals surface area contributed by atoms with E-state index in [1.54, 1.807) is 0 Å². The van der Waals surface area contributed by atoms with Crippen molar-refractivity contribution in [1.29, 1.82) is 0 Å². The van der Waals surface area contributed by atoms with Crippen LogP contribution >= 0.6 is 0 Å². The molecule has 0 aliphatic carbocycles. The summed E-state index contributed by atoms with van der Waals surface area (Å²) in [7, 11) is 0. The topological polar surface area (TPSA) is 38.3 Å². The van der Waals surface area contributed by atoms with Crippen LogP contribution in [0.25, 0.3) is 0 Å². The van der Waals surface area contributed by atoms with E-state index in [-0.39, 0.29) is 11.4 Å². The average Bonchev–Trinajstić information content (AvgIpc) is 2.39. The van der Waals surface area contributed by atoms with E-state index in [1.807, 2.05) is 6.92 Å². The van der Waals surface area contributed by atoms with E-state index in [2.05, 4.69) is 19.2 Å². The minimum Gasteiger partial charge on any atom is -0.465 e. The summed E-state index contributed by atoms with van der Waals surface area (Å²) in [4.78, 5) is 12.2. The van der Waals surface area contributed by atoms with Crippen LogP contribution in [0.3, 0.4) is 0 Å². The van der Waals surface area contributed by atoms with Crippen LogP contribution in [-0.4, -0.2) is 25.7 Å². The summed E-state index contributed by atoms with van der Waals surface area (Å²) in [6.07, 6.45) is 6.53. The Morgan fingerprint density at radius 2 is 2.00 bits per heavy atom. The zero-order valence-electron chi connectivity index (χ0n) is 12.3. The van der Waals surface area contributed by atoms with Gasteiger partial charge in [0, 0.05) is 0 Å². The van der Waals surface area contributed by atoms with Crippen LogP contribution in [0.2, 0.25) is 0 Å². The number of rotatable bonds is 7. The van der Waals surface area contributed by atoms with E-state index in [0.29, 0.717) is 12.5 Å². The quantitative estimate of drug-likeness (QED) is 0.710. The summed E-state index contributed by atoms with van der Waals surface area (Å²) >= 11 is 0. The third-order valence-corrected chi connectivity index (χ3v) is 4.19. The van der Waals surface area contributed by atoms with Gasteiger partial charge in [0.15, 0.2) is 0 Å². The summed E-state index contributed by atoms with van der Waals surface area (Å²) in [6.45, 7) is 8.90. The monoisotopic (exact) mass is 255 g/mol. The van der Waals surface area contributed by atoms with Crippen LogP contribution in [0.4, 0.5) is 0 Å². The number of piperidine rings is 1. The second-order valence-electron chi connectivity index (χ2n) is 5.83. The minimum absolute atomic E-state index is 0.0129. The number of esters is 1. The highest BCUT2D eigenvalue weighted by atomic mass is 16.5. The van der Waals surface area contributed by atoms with Crippen molar-refractivity contribution in [2.24, 2.45) is 11.3 Å². The first kappa shape index (κ1) is 15.5. The second kappa shape index (κ2) is 7.78. The zero-order chi connectivity index (χ0) is 13.4. The van der Waals surface area contributed by atoms with Crippen LogP contribution in [0.5, 0.6) is 0 Å². The van der Waals surface area contributed by atoms with Gasteiger partial charge in [-0.2, -0.15) is 0 Å². The van der Waals surface area contributed by atoms with Gasteiger partial charge < -0.3 is 10.1 Å². The first-order valence-corrected chi connectivity index (χ1v) is 7.50. The van der Waals surface area contributed by atoms with Gasteiger partial charge >= 0.3 is 5.97 Å². The molecule has 0 saturated carbocycles. The van der Waals surface area contributed by atoms with E-state index in [4.69, 9.17) is 4.74 Å². The molecule has 0 radical (unpaired) electrons. The van der Waals surface area contributed by atoms with Crippen molar-refractivity contribution in [3.05, 3.63) is 0 Å². The SMILES string of the molecule is CCCCC(CC)COC(=O)C1(C)CCNCC1. The van der Waals surface area contributed by atoms with Gasteiger partial charge in [0.1, 0.15) is 0 Å². The molecular formula is C15H29NO2. The predicted octanol–water partition coefficient (Wildman–Crippen LogP) is 3.14. The summed E-state index contributed by atoms with van der Waals surface area (Å²) in [5, 5.41) is 3.29. The molecule has 1 atom stereocenters. The molecule has 1 heterocycles. The molecule has 1 aliphatic rings. The van der Waals surface area contributed by atoms with Gasteiger partial charge in [-0.1, -0.05) is 33.1 Å². The Morgan fingerprint density at radius 3 is 2.56 bits per heavy atom. The first-order chi connectivity index (χ1) is 8.62. The molecule has 0 bridgehead atoms. The molecule has 106 valence electrons. The fraction of sp³-hybridized carbons (Fsp3) is 0.933. The van der Waals surface area contributed by atoms with Gasteiger partial charge in [-0.25, -0.2) is 0 Å². The first-order valence-electron chi connectivity index (χ1n) is 7.50. The smallest absolute Gasteiger partial charge is 0.311 e. The summed E-state index contributed by atoms with van der Waals surface area (Å²) in [5.41, 5.74) is -0.256. The van der Waals surface area contributed by atoms with Gasteiger partial charge in [-0.3, -0.25) is 4.79 Å². The Labute approximate surface area is 112 Å². The third kappa shape index (κ3) is 4.60. The molecule has 1 rings (SSSR count). The zero-order valence-corrected chi connectivity index (χ0v) is 12.3. The van der Waals surface area contributed by atoms with Crippen molar-refractivity contribution in [1.82, 2.24) is 5.32 Å². The van der Waals surface area contributed by atoms with E-state index in [9.17, 15) is 4.79 Å². The average molecular weight is 255 g/mol. The van der Waals surface area contributed by atoms with Gasteiger partial charge in [0.05, 0.1) is 12.0 Å². The molecule has 1 aliphatic heterocycles. The molecule has 0 amide bonds. The number of unbranched alkanes of at least 4 members (excludes halogenated alkanes) is 1. The van der Waals surface area contributed by atoms with Crippen molar-refractivity contribution < 1.29 is 9.53 Å². The van der Waals surface area contributed by atoms with Crippen LogP contribution < -0.4 is 5.32 Å². The Bertz CT molecular complexity index is 247. The lowest BCUT2D eigenvalue weighted by Crippen LogP contribution is -2.41. The molecule has 0 aromatic rings. The molecule has 1 fully saturated rings. The van der Waals surface area contributed by atoms with Gasteiger partial charge in [-0.15, -0.1) is 0 Å². The van der Waals surface area contributed by atoms with Crippen LogP contribution in [0.15, 0.2) is 0 Å². The molecule has 0 aromatic carbocycles. The highest BCUT2D eigenvalue weighted by Crippen LogP contribution is 2.29. The number of carbonyl (C=O) groups is 1. The minimum atomic E-state index is -0.256. The summed E-state index contributed by atoms with van der Waals surface area (Å²) in [6, 6.07) is 0. The third-order valence-electron chi connectivity index (χ3n) is 4.19. The number of hydrogen-bond donors (Lipinski definition) is 1. The molecule has 18 heavy (non-hydrogen) atoms. The van der Waals surface area contributed by atoms with E-state index < -0.39 is 0 Å². The number of nitrogens with one attached hydrogen (secondary N) is 1. The fourth-order valence-electron chi connectivity index (χ4n) is 2.45. The lowest BCUT2D eigenvalue weighted by atomic mass is 9.81. The number of hydrogen-bond acceptors (Lipinski definition) is 3. The fourth-order valence-corrected chi connectivity index (χ4v) is 2.45. The van der Waals surface area contributed by atoms with Crippen molar-refractivity contribution in [2.75, 3.05) is 19.7 Å². The lowest BCUT2D eigenvalue weighted by molar-refractivity contribution is -0.158. The Kier molecular flexibility index (Phi) is 6.69.